The van der Waals surface area contributed by atoms with E-state index in [0.717, 1.165) is 16.9 Å². The van der Waals surface area contributed by atoms with Gasteiger partial charge in [-0.25, -0.2) is 4.98 Å². The highest BCUT2D eigenvalue weighted by atomic mass is 16.5. The predicted octanol–water partition coefficient (Wildman–Crippen LogP) is 2.40. The molecule has 0 saturated heterocycles. The van der Waals surface area contributed by atoms with Gasteiger partial charge in [-0.1, -0.05) is 30.3 Å². The molecular formula is C17H22N2O2. The summed E-state index contributed by atoms with van der Waals surface area (Å²) in [6.07, 6.45) is 1.24. The minimum absolute atomic E-state index is 0.311. The molecule has 21 heavy (non-hydrogen) atoms. The zero-order chi connectivity index (χ0) is 15.1. The minimum Gasteiger partial charge on any atom is -0.389 e. The molecular weight excluding hydrogens is 264 g/mol. The lowest BCUT2D eigenvalue weighted by Crippen LogP contribution is -2.32. The largest absolute Gasteiger partial charge is 0.389 e. The van der Waals surface area contributed by atoms with Crippen molar-refractivity contribution in [3.05, 3.63) is 59.8 Å². The molecule has 0 fully saturated rings. The van der Waals surface area contributed by atoms with E-state index in [1.807, 2.05) is 61.3 Å². The van der Waals surface area contributed by atoms with Crippen LogP contribution < -0.4 is 4.90 Å². The predicted molar refractivity (Wildman–Crippen MR) is 84.3 cm³/mol. The molecule has 1 aromatic carbocycles. The highest BCUT2D eigenvalue weighted by molar-refractivity contribution is 5.39. The molecule has 0 aliphatic rings. The van der Waals surface area contributed by atoms with Gasteiger partial charge < -0.3 is 14.7 Å². The van der Waals surface area contributed by atoms with Crippen LogP contribution >= 0.6 is 0 Å². The van der Waals surface area contributed by atoms with Gasteiger partial charge in [0.25, 0.3) is 0 Å². The van der Waals surface area contributed by atoms with Crippen molar-refractivity contribution in [2.75, 3.05) is 25.1 Å². The second-order valence-electron chi connectivity index (χ2n) is 5.23. The highest BCUT2D eigenvalue weighted by Gasteiger charge is 2.10. The Hall–Kier alpha value is -1.91. The Morgan fingerprint density at radius 3 is 2.71 bits per heavy atom. The van der Waals surface area contributed by atoms with Crippen molar-refractivity contribution in [2.24, 2.45) is 0 Å². The maximum atomic E-state index is 10.0. The Labute approximate surface area is 126 Å². The van der Waals surface area contributed by atoms with Crippen molar-refractivity contribution in [3.8, 4) is 0 Å². The first-order chi connectivity index (χ1) is 10.1. The number of aliphatic hydroxyl groups excluding tert-OH is 1. The minimum atomic E-state index is -0.541. The number of rotatable bonds is 7. The fourth-order valence-corrected chi connectivity index (χ4v) is 2.08. The number of ether oxygens (including phenoxy) is 1. The maximum absolute atomic E-state index is 10.0. The van der Waals surface area contributed by atoms with Crippen LogP contribution in [0.5, 0.6) is 0 Å². The van der Waals surface area contributed by atoms with E-state index in [0.29, 0.717) is 19.8 Å². The number of benzene rings is 1. The third-order valence-corrected chi connectivity index (χ3v) is 3.20. The van der Waals surface area contributed by atoms with Gasteiger partial charge >= 0.3 is 0 Å². The second-order valence-corrected chi connectivity index (χ2v) is 5.23. The third kappa shape index (κ3) is 5.17. The molecule has 4 heteroatoms. The molecule has 2 aromatic rings. The van der Waals surface area contributed by atoms with Crippen LogP contribution in [0.15, 0.2) is 48.7 Å². The van der Waals surface area contributed by atoms with Crippen LogP contribution in [0.4, 0.5) is 5.82 Å². The van der Waals surface area contributed by atoms with Crippen LogP contribution in [-0.2, 0) is 11.3 Å². The van der Waals surface area contributed by atoms with Crippen molar-refractivity contribution in [1.82, 2.24) is 4.98 Å². The number of anilines is 1. The van der Waals surface area contributed by atoms with E-state index in [-0.39, 0.29) is 0 Å². The molecule has 4 nitrogen and oxygen atoms in total. The van der Waals surface area contributed by atoms with Crippen LogP contribution in [0.2, 0.25) is 0 Å². The van der Waals surface area contributed by atoms with Crippen molar-refractivity contribution in [3.63, 3.8) is 0 Å². The summed E-state index contributed by atoms with van der Waals surface area (Å²) in [6.45, 7) is 3.35. The molecule has 2 rings (SSSR count). The number of hydrogen-bond acceptors (Lipinski definition) is 4. The summed E-state index contributed by atoms with van der Waals surface area (Å²) in [5.74, 6) is 0.858. The van der Waals surface area contributed by atoms with E-state index in [2.05, 4.69) is 4.98 Å². The van der Waals surface area contributed by atoms with Gasteiger partial charge in [-0.2, -0.15) is 0 Å². The van der Waals surface area contributed by atoms with Crippen molar-refractivity contribution in [2.45, 2.75) is 19.6 Å². The molecule has 0 aliphatic carbocycles. The van der Waals surface area contributed by atoms with E-state index < -0.39 is 6.10 Å². The van der Waals surface area contributed by atoms with Crippen LogP contribution in [0.3, 0.4) is 0 Å². The number of likely N-dealkylation sites (N-methyl/N-ethyl adjacent to an activating group) is 1. The summed E-state index contributed by atoms with van der Waals surface area (Å²) in [6, 6.07) is 13.9. The van der Waals surface area contributed by atoms with Gasteiger partial charge in [0.2, 0.25) is 0 Å². The van der Waals surface area contributed by atoms with Crippen molar-refractivity contribution >= 4 is 5.82 Å². The normalized spacial score (nSPS) is 12.1. The van der Waals surface area contributed by atoms with Crippen LogP contribution in [-0.4, -0.2) is 36.4 Å². The average molecular weight is 286 g/mol. The first kappa shape index (κ1) is 15.5. The molecule has 1 heterocycles. The SMILES string of the molecule is Cc1ccnc(N(C)C[C@H](O)COCc2ccccc2)c1. The summed E-state index contributed by atoms with van der Waals surface area (Å²) >= 11 is 0. The van der Waals surface area contributed by atoms with Crippen molar-refractivity contribution < 1.29 is 9.84 Å². The van der Waals surface area contributed by atoms with Crippen LogP contribution in [0, 0.1) is 6.92 Å². The maximum Gasteiger partial charge on any atom is 0.128 e. The smallest absolute Gasteiger partial charge is 0.128 e. The van der Waals surface area contributed by atoms with E-state index in [9.17, 15) is 5.11 Å². The van der Waals surface area contributed by atoms with E-state index >= 15 is 0 Å². The van der Waals surface area contributed by atoms with Gasteiger partial charge in [0, 0.05) is 19.8 Å². The number of hydrogen-bond donors (Lipinski definition) is 1. The van der Waals surface area contributed by atoms with Gasteiger partial charge in [0.15, 0.2) is 0 Å². The van der Waals surface area contributed by atoms with E-state index in [1.54, 1.807) is 6.20 Å². The Kier molecular flexibility index (Phi) is 5.72. The Balaban J connectivity index is 1.75. The molecule has 0 aliphatic heterocycles. The highest BCUT2D eigenvalue weighted by Crippen LogP contribution is 2.11. The molecule has 0 unspecified atom stereocenters. The van der Waals surface area contributed by atoms with Gasteiger partial charge in [0.05, 0.1) is 19.3 Å². The van der Waals surface area contributed by atoms with Crippen molar-refractivity contribution in [1.29, 1.82) is 0 Å². The molecule has 1 atom stereocenters. The second kappa shape index (κ2) is 7.76. The van der Waals surface area contributed by atoms with E-state index in [1.165, 1.54) is 0 Å². The number of aliphatic hydroxyl groups is 1. The number of pyridine rings is 1. The Bertz CT molecular complexity index is 545. The quantitative estimate of drug-likeness (QED) is 0.849. The molecule has 112 valence electrons. The first-order valence-corrected chi connectivity index (χ1v) is 7.08. The van der Waals surface area contributed by atoms with Gasteiger partial charge in [0.1, 0.15) is 5.82 Å². The molecule has 0 spiro atoms. The van der Waals surface area contributed by atoms with Crippen LogP contribution in [0.25, 0.3) is 0 Å². The summed E-state index contributed by atoms with van der Waals surface area (Å²) in [7, 11) is 1.92. The standard InChI is InChI=1S/C17H22N2O2/c1-14-8-9-18-17(10-14)19(2)11-16(20)13-21-12-15-6-4-3-5-7-15/h3-10,16,20H,11-13H2,1-2H3/t16-/m0/s1. The number of nitrogens with zero attached hydrogens (tertiary/aromatic N) is 2. The lowest BCUT2D eigenvalue weighted by Gasteiger charge is -2.22. The topological polar surface area (TPSA) is 45.6 Å². The number of aryl methyl sites for hydroxylation is 1. The third-order valence-electron chi connectivity index (χ3n) is 3.20. The average Bonchev–Trinajstić information content (AvgIpc) is 2.48. The first-order valence-electron chi connectivity index (χ1n) is 7.08. The molecule has 0 radical (unpaired) electrons. The molecule has 0 amide bonds. The molecule has 0 bridgehead atoms. The zero-order valence-electron chi connectivity index (χ0n) is 12.6. The number of aromatic nitrogens is 1. The fourth-order valence-electron chi connectivity index (χ4n) is 2.08. The van der Waals surface area contributed by atoms with Gasteiger partial charge in [-0.05, 0) is 30.2 Å². The summed E-state index contributed by atoms with van der Waals surface area (Å²) in [5, 5.41) is 10.0. The van der Waals surface area contributed by atoms with E-state index in [4.69, 9.17) is 4.74 Å². The molecule has 1 aromatic heterocycles. The monoisotopic (exact) mass is 286 g/mol. The van der Waals surface area contributed by atoms with Gasteiger partial charge in [-0.15, -0.1) is 0 Å². The van der Waals surface area contributed by atoms with Gasteiger partial charge in [-0.3, -0.25) is 0 Å². The lowest BCUT2D eigenvalue weighted by molar-refractivity contribution is 0.0324. The van der Waals surface area contributed by atoms with Crippen LogP contribution in [0.1, 0.15) is 11.1 Å². The summed E-state index contributed by atoms with van der Waals surface area (Å²) in [5.41, 5.74) is 2.26. The molecule has 1 N–H and O–H groups in total. The summed E-state index contributed by atoms with van der Waals surface area (Å²) in [4.78, 5) is 6.23. The zero-order valence-corrected chi connectivity index (χ0v) is 12.6. The molecule has 0 saturated carbocycles. The Morgan fingerprint density at radius 2 is 2.00 bits per heavy atom. The summed E-state index contributed by atoms with van der Waals surface area (Å²) < 4.78 is 5.54. The lowest BCUT2D eigenvalue weighted by atomic mass is 10.2. The Morgan fingerprint density at radius 1 is 1.24 bits per heavy atom. The fraction of sp³-hybridized carbons (Fsp3) is 0.353.